The fourth-order valence-corrected chi connectivity index (χ4v) is 2.64. The Morgan fingerprint density at radius 3 is 2.38 bits per heavy atom. The zero-order valence-electron chi connectivity index (χ0n) is 10.1. The first-order chi connectivity index (χ1) is 7.47. The number of carbonyl (C=O) groups excluding carboxylic acids is 1. The van der Waals surface area contributed by atoms with Crippen molar-refractivity contribution in [3.05, 3.63) is 0 Å². The van der Waals surface area contributed by atoms with Crippen molar-refractivity contribution >= 4 is 11.9 Å². The zero-order chi connectivity index (χ0) is 12.3. The van der Waals surface area contributed by atoms with Crippen LogP contribution in [0.15, 0.2) is 0 Å². The summed E-state index contributed by atoms with van der Waals surface area (Å²) in [6.45, 7) is 4.14. The van der Waals surface area contributed by atoms with Gasteiger partial charge in [-0.05, 0) is 31.1 Å². The first-order valence-electron chi connectivity index (χ1n) is 5.78. The van der Waals surface area contributed by atoms with Gasteiger partial charge in [-0.15, -0.1) is 0 Å². The van der Waals surface area contributed by atoms with Crippen molar-refractivity contribution in [2.75, 3.05) is 7.11 Å². The molecule has 0 saturated heterocycles. The molecule has 0 heterocycles. The minimum Gasteiger partial charge on any atom is -0.481 e. The first-order valence-corrected chi connectivity index (χ1v) is 5.78. The summed E-state index contributed by atoms with van der Waals surface area (Å²) in [4.78, 5) is 22.6. The van der Waals surface area contributed by atoms with Gasteiger partial charge in [0.05, 0.1) is 18.9 Å². The van der Waals surface area contributed by atoms with Crippen molar-refractivity contribution in [3.8, 4) is 0 Å². The van der Waals surface area contributed by atoms with Crippen LogP contribution in [0, 0.1) is 23.7 Å². The van der Waals surface area contributed by atoms with Gasteiger partial charge in [0.1, 0.15) is 0 Å². The van der Waals surface area contributed by atoms with Gasteiger partial charge >= 0.3 is 11.9 Å². The average molecular weight is 228 g/mol. The lowest BCUT2D eigenvalue weighted by Gasteiger charge is -2.35. The molecular formula is C12H20O4. The quantitative estimate of drug-likeness (QED) is 0.750. The van der Waals surface area contributed by atoms with Gasteiger partial charge in [-0.2, -0.15) is 0 Å². The van der Waals surface area contributed by atoms with E-state index < -0.39 is 5.97 Å². The lowest BCUT2D eigenvalue weighted by Crippen LogP contribution is -2.36. The molecule has 0 amide bonds. The first kappa shape index (κ1) is 13.0. The maximum atomic E-state index is 11.6. The van der Waals surface area contributed by atoms with Gasteiger partial charge in [-0.1, -0.05) is 13.8 Å². The molecule has 0 aliphatic heterocycles. The van der Waals surface area contributed by atoms with E-state index >= 15 is 0 Å². The number of carboxylic acids is 1. The Bertz CT molecular complexity index is 272. The van der Waals surface area contributed by atoms with E-state index in [-0.39, 0.29) is 23.7 Å². The van der Waals surface area contributed by atoms with Crippen LogP contribution < -0.4 is 0 Å². The highest BCUT2D eigenvalue weighted by Crippen LogP contribution is 2.38. The molecule has 4 heteroatoms. The van der Waals surface area contributed by atoms with E-state index in [1.807, 2.05) is 0 Å². The van der Waals surface area contributed by atoms with Crippen LogP contribution in [-0.2, 0) is 14.3 Å². The van der Waals surface area contributed by atoms with E-state index in [1.165, 1.54) is 7.11 Å². The summed E-state index contributed by atoms with van der Waals surface area (Å²) >= 11 is 0. The third kappa shape index (κ3) is 2.74. The number of carboxylic acid groups (broad SMARTS) is 1. The number of methoxy groups -OCH3 is 1. The maximum absolute atomic E-state index is 11.6. The highest BCUT2D eigenvalue weighted by Gasteiger charge is 2.39. The summed E-state index contributed by atoms with van der Waals surface area (Å²) < 4.78 is 4.77. The van der Waals surface area contributed by atoms with E-state index in [2.05, 4.69) is 13.8 Å². The molecule has 1 aliphatic rings. The molecule has 0 radical (unpaired) electrons. The van der Waals surface area contributed by atoms with Crippen molar-refractivity contribution in [1.82, 2.24) is 0 Å². The van der Waals surface area contributed by atoms with Gasteiger partial charge in [-0.25, -0.2) is 0 Å². The van der Waals surface area contributed by atoms with Crippen LogP contribution in [0.4, 0.5) is 0 Å². The average Bonchev–Trinajstić information content (AvgIpc) is 2.26. The van der Waals surface area contributed by atoms with Gasteiger partial charge < -0.3 is 9.84 Å². The Kier molecular flexibility index (Phi) is 4.33. The fourth-order valence-electron chi connectivity index (χ4n) is 2.64. The molecule has 1 N–H and O–H groups in total. The Balaban J connectivity index is 2.77. The molecule has 16 heavy (non-hydrogen) atoms. The molecule has 1 rings (SSSR count). The molecule has 92 valence electrons. The molecule has 0 aromatic heterocycles. The number of ether oxygens (including phenoxy) is 1. The number of esters is 1. The van der Waals surface area contributed by atoms with Crippen LogP contribution in [0.2, 0.25) is 0 Å². The summed E-state index contributed by atoms with van der Waals surface area (Å²) in [5, 5.41) is 8.98. The summed E-state index contributed by atoms with van der Waals surface area (Å²) in [5.41, 5.74) is 0. The Morgan fingerprint density at radius 1 is 1.31 bits per heavy atom. The summed E-state index contributed by atoms with van der Waals surface area (Å²) in [7, 11) is 1.37. The topological polar surface area (TPSA) is 63.6 Å². The number of hydrogen-bond donors (Lipinski definition) is 1. The largest absolute Gasteiger partial charge is 0.481 e. The molecule has 0 aromatic carbocycles. The molecule has 1 saturated carbocycles. The van der Waals surface area contributed by atoms with Gasteiger partial charge in [0.15, 0.2) is 0 Å². The van der Waals surface area contributed by atoms with Crippen LogP contribution in [0.5, 0.6) is 0 Å². The van der Waals surface area contributed by atoms with E-state index in [0.29, 0.717) is 18.8 Å². The number of aliphatic carboxylic acids is 1. The van der Waals surface area contributed by atoms with Crippen molar-refractivity contribution < 1.29 is 19.4 Å². The predicted octanol–water partition coefficient (Wildman–Crippen LogP) is 1.93. The third-order valence-electron chi connectivity index (χ3n) is 3.61. The Morgan fingerprint density at radius 2 is 1.94 bits per heavy atom. The molecule has 0 spiro atoms. The van der Waals surface area contributed by atoms with E-state index in [9.17, 15) is 9.59 Å². The van der Waals surface area contributed by atoms with Gasteiger partial charge in [0.2, 0.25) is 0 Å². The summed E-state index contributed by atoms with van der Waals surface area (Å²) in [6.07, 6.45) is 1.89. The summed E-state index contributed by atoms with van der Waals surface area (Å²) in [6, 6.07) is 0. The van der Waals surface area contributed by atoms with Crippen molar-refractivity contribution in [2.24, 2.45) is 23.7 Å². The maximum Gasteiger partial charge on any atom is 0.308 e. The Labute approximate surface area is 96.0 Å². The second kappa shape index (κ2) is 5.32. The number of hydrogen-bond acceptors (Lipinski definition) is 3. The molecule has 1 fully saturated rings. The molecule has 0 bridgehead atoms. The summed E-state index contributed by atoms with van der Waals surface area (Å²) in [5.74, 6) is -1.05. The van der Waals surface area contributed by atoms with Gasteiger partial charge in [-0.3, -0.25) is 9.59 Å². The highest BCUT2D eigenvalue weighted by molar-refractivity contribution is 5.75. The Hall–Kier alpha value is -1.06. The second-order valence-electron chi connectivity index (χ2n) is 4.89. The van der Waals surface area contributed by atoms with Crippen LogP contribution in [0.3, 0.4) is 0 Å². The predicted molar refractivity (Wildman–Crippen MR) is 58.8 cm³/mol. The molecular weight excluding hydrogens is 208 g/mol. The molecule has 3 atom stereocenters. The number of rotatable bonds is 3. The van der Waals surface area contributed by atoms with Crippen LogP contribution in [-0.4, -0.2) is 24.2 Å². The molecule has 0 aromatic rings. The monoisotopic (exact) mass is 228 g/mol. The minimum atomic E-state index is -0.795. The van der Waals surface area contributed by atoms with Gasteiger partial charge in [0, 0.05) is 0 Å². The highest BCUT2D eigenvalue weighted by atomic mass is 16.5. The van der Waals surface area contributed by atoms with E-state index in [0.717, 1.165) is 6.42 Å². The van der Waals surface area contributed by atoms with Crippen LogP contribution >= 0.6 is 0 Å². The smallest absolute Gasteiger partial charge is 0.308 e. The minimum absolute atomic E-state index is 0.250. The third-order valence-corrected chi connectivity index (χ3v) is 3.61. The van der Waals surface area contributed by atoms with Crippen molar-refractivity contribution in [2.45, 2.75) is 33.1 Å². The lowest BCUT2D eigenvalue weighted by atomic mass is 9.69. The normalized spacial score (nSPS) is 30.1. The fraction of sp³-hybridized carbons (Fsp3) is 0.833. The molecule has 0 unspecified atom stereocenters. The van der Waals surface area contributed by atoms with Gasteiger partial charge in [0.25, 0.3) is 0 Å². The van der Waals surface area contributed by atoms with Crippen LogP contribution in [0.25, 0.3) is 0 Å². The standard InChI is InChI=1S/C12H20O4/c1-7(2)9-5-4-8(11(13)14)6-10(9)12(15)16-3/h7-10H,4-6H2,1-3H3,(H,13,14)/t8-,9+,10+/m0/s1. The SMILES string of the molecule is COC(=O)[C@@H]1C[C@@H](C(=O)O)CC[C@@H]1C(C)C. The van der Waals surface area contributed by atoms with Crippen LogP contribution in [0.1, 0.15) is 33.1 Å². The van der Waals surface area contributed by atoms with Crippen molar-refractivity contribution in [3.63, 3.8) is 0 Å². The molecule has 1 aliphatic carbocycles. The lowest BCUT2D eigenvalue weighted by molar-refractivity contribution is -0.153. The van der Waals surface area contributed by atoms with E-state index in [1.54, 1.807) is 0 Å². The number of carbonyl (C=O) groups is 2. The molecule has 4 nitrogen and oxygen atoms in total. The second-order valence-corrected chi connectivity index (χ2v) is 4.89. The zero-order valence-corrected chi connectivity index (χ0v) is 10.1. The van der Waals surface area contributed by atoms with E-state index in [4.69, 9.17) is 9.84 Å². The van der Waals surface area contributed by atoms with Crippen molar-refractivity contribution in [1.29, 1.82) is 0 Å².